The highest BCUT2D eigenvalue weighted by Crippen LogP contribution is 2.43. The van der Waals surface area contributed by atoms with Crippen molar-refractivity contribution in [3.05, 3.63) is 50.3 Å². The number of aromatic nitrogens is 1. The second kappa shape index (κ2) is 10.7. The second-order valence-corrected chi connectivity index (χ2v) is 10.8. The molecule has 3 nitrogen and oxygen atoms in total. The summed E-state index contributed by atoms with van der Waals surface area (Å²) < 4.78 is 42.7. The number of alkyl halides is 3. The molecule has 3 rings (SSSR count). The van der Waals surface area contributed by atoms with E-state index >= 15 is 0 Å². The van der Waals surface area contributed by atoms with Gasteiger partial charge in [-0.2, -0.15) is 13.2 Å². The van der Waals surface area contributed by atoms with Crippen LogP contribution in [0.2, 0.25) is 4.34 Å². The molecule has 9 heteroatoms. The molecule has 2 N–H and O–H groups in total. The van der Waals surface area contributed by atoms with Gasteiger partial charge in [0.15, 0.2) is 0 Å². The van der Waals surface area contributed by atoms with Crippen molar-refractivity contribution < 1.29 is 13.2 Å². The molecule has 2 aromatic heterocycles. The molecule has 2 heterocycles. The molecule has 32 heavy (non-hydrogen) atoms. The molecule has 0 fully saturated rings. The highest BCUT2D eigenvalue weighted by atomic mass is 35.5. The Morgan fingerprint density at radius 2 is 1.91 bits per heavy atom. The van der Waals surface area contributed by atoms with Crippen LogP contribution in [0.5, 0.6) is 0 Å². The number of unbranched alkanes of at least 4 members (excludes halogenated alkanes) is 5. The van der Waals surface area contributed by atoms with Gasteiger partial charge >= 0.3 is 6.18 Å². The van der Waals surface area contributed by atoms with Gasteiger partial charge < -0.3 is 10.6 Å². The van der Waals surface area contributed by atoms with Crippen molar-refractivity contribution in [2.45, 2.75) is 63.6 Å². The minimum atomic E-state index is -4.46. The number of allylic oxidation sites excluding steroid dienone is 1. The fourth-order valence-electron chi connectivity index (χ4n) is 3.82. The number of hydrogen-bond donors (Lipinski definition) is 1. The van der Waals surface area contributed by atoms with Crippen molar-refractivity contribution in [2.24, 2.45) is 5.73 Å². The maximum absolute atomic E-state index is 14.0. The average Bonchev–Trinajstić information content (AvgIpc) is 3.39. The average molecular weight is 504 g/mol. The molecule has 1 unspecified atom stereocenters. The SMILES string of the molecule is CCCCCCCCN(C)C1=C(C(F)(F)F)CC(N)(c2nc(-c3ccc(Cl)s3)cs2)C=C1. The minimum Gasteiger partial charge on any atom is -0.374 e. The van der Waals surface area contributed by atoms with Crippen LogP contribution < -0.4 is 5.73 Å². The molecule has 0 saturated heterocycles. The van der Waals surface area contributed by atoms with Crippen LogP contribution in [0.4, 0.5) is 13.2 Å². The number of likely N-dealkylation sites (N-methyl/N-ethyl adjacent to an activating group) is 1. The zero-order chi connectivity index (χ0) is 23.4. The van der Waals surface area contributed by atoms with Crippen LogP contribution in [0.15, 0.2) is 40.9 Å². The first-order valence-electron chi connectivity index (χ1n) is 10.9. The Labute approximate surface area is 200 Å². The van der Waals surface area contributed by atoms with Crippen LogP contribution in [0.1, 0.15) is 56.9 Å². The van der Waals surface area contributed by atoms with Gasteiger partial charge in [0.25, 0.3) is 0 Å². The van der Waals surface area contributed by atoms with E-state index in [1.165, 1.54) is 48.0 Å². The highest BCUT2D eigenvalue weighted by Gasteiger charge is 2.44. The summed E-state index contributed by atoms with van der Waals surface area (Å²) >= 11 is 8.65. The maximum Gasteiger partial charge on any atom is 0.414 e. The molecule has 0 aliphatic heterocycles. The normalized spacial score (nSPS) is 19.1. The van der Waals surface area contributed by atoms with Crippen LogP contribution in [-0.2, 0) is 5.54 Å². The fraction of sp³-hybridized carbons (Fsp3) is 0.522. The Morgan fingerprint density at radius 1 is 1.19 bits per heavy atom. The number of hydrogen-bond acceptors (Lipinski definition) is 5. The Kier molecular flexibility index (Phi) is 8.47. The minimum absolute atomic E-state index is 0.203. The standard InChI is InChI=1S/C23H29ClF3N3S2/c1-3-4-5-6-7-8-13-30(2)18-11-12-22(28,14-16(18)23(25,26)27)21-29-17(15-31-21)19-9-10-20(24)32-19/h9-12,15H,3-8,13-14,28H2,1-2H3. The van der Waals surface area contributed by atoms with Gasteiger partial charge in [-0.25, -0.2) is 4.98 Å². The number of nitrogens with two attached hydrogens (primary N) is 1. The van der Waals surface area contributed by atoms with Crippen molar-refractivity contribution in [2.75, 3.05) is 13.6 Å². The molecule has 0 aromatic carbocycles. The lowest BCUT2D eigenvalue weighted by Crippen LogP contribution is -2.40. The largest absolute Gasteiger partial charge is 0.414 e. The van der Waals surface area contributed by atoms with E-state index in [-0.39, 0.29) is 12.1 Å². The summed E-state index contributed by atoms with van der Waals surface area (Å²) in [5, 5.41) is 2.28. The monoisotopic (exact) mass is 503 g/mol. The van der Waals surface area contributed by atoms with E-state index in [1.807, 2.05) is 11.4 Å². The lowest BCUT2D eigenvalue weighted by Gasteiger charge is -2.34. The Balaban J connectivity index is 1.74. The fourth-order valence-corrected chi connectivity index (χ4v) is 5.81. The molecule has 0 amide bonds. The molecular formula is C23H29ClF3N3S2. The van der Waals surface area contributed by atoms with Crippen molar-refractivity contribution in [3.63, 3.8) is 0 Å². The second-order valence-electron chi connectivity index (χ2n) is 8.24. The van der Waals surface area contributed by atoms with Crippen LogP contribution >= 0.6 is 34.3 Å². The molecule has 1 aliphatic carbocycles. The summed E-state index contributed by atoms with van der Waals surface area (Å²) in [5.74, 6) is 0. The summed E-state index contributed by atoms with van der Waals surface area (Å²) in [6, 6.07) is 3.62. The molecule has 1 aliphatic rings. The molecule has 0 saturated carbocycles. The molecular weight excluding hydrogens is 475 g/mol. The van der Waals surface area contributed by atoms with Crippen LogP contribution in [0.3, 0.4) is 0 Å². The van der Waals surface area contributed by atoms with Crippen LogP contribution in [0.25, 0.3) is 10.6 Å². The van der Waals surface area contributed by atoms with E-state index in [4.69, 9.17) is 17.3 Å². The van der Waals surface area contributed by atoms with E-state index in [0.717, 1.165) is 24.1 Å². The van der Waals surface area contributed by atoms with Gasteiger partial charge in [-0.1, -0.05) is 56.7 Å². The molecule has 1 atom stereocenters. The number of thiazole rings is 1. The Morgan fingerprint density at radius 3 is 2.56 bits per heavy atom. The molecule has 0 radical (unpaired) electrons. The predicted molar refractivity (Wildman–Crippen MR) is 129 cm³/mol. The lowest BCUT2D eigenvalue weighted by molar-refractivity contribution is -0.0975. The summed E-state index contributed by atoms with van der Waals surface area (Å²) in [5.41, 5.74) is 5.48. The topological polar surface area (TPSA) is 42.1 Å². The number of nitrogens with zero attached hydrogens (tertiary/aromatic N) is 2. The molecule has 176 valence electrons. The highest BCUT2D eigenvalue weighted by molar-refractivity contribution is 7.19. The zero-order valence-corrected chi connectivity index (χ0v) is 20.7. The molecule has 0 bridgehead atoms. The maximum atomic E-state index is 14.0. The van der Waals surface area contributed by atoms with E-state index < -0.39 is 17.3 Å². The smallest absolute Gasteiger partial charge is 0.374 e. The lowest BCUT2D eigenvalue weighted by atomic mass is 9.85. The third kappa shape index (κ3) is 6.16. The first kappa shape index (κ1) is 25.3. The molecule has 2 aromatic rings. The number of halogens is 4. The number of rotatable bonds is 10. The predicted octanol–water partition coefficient (Wildman–Crippen LogP) is 7.75. The van der Waals surface area contributed by atoms with E-state index in [0.29, 0.717) is 21.6 Å². The van der Waals surface area contributed by atoms with Gasteiger partial charge in [0.05, 0.1) is 26.0 Å². The third-order valence-electron chi connectivity index (χ3n) is 5.65. The van der Waals surface area contributed by atoms with Gasteiger partial charge in [-0.3, -0.25) is 0 Å². The first-order valence-corrected chi connectivity index (χ1v) is 12.9. The van der Waals surface area contributed by atoms with E-state index in [2.05, 4.69) is 11.9 Å². The van der Waals surface area contributed by atoms with E-state index in [9.17, 15) is 13.2 Å². The van der Waals surface area contributed by atoms with E-state index in [1.54, 1.807) is 24.1 Å². The van der Waals surface area contributed by atoms with Gasteiger partial charge in [0.1, 0.15) is 5.01 Å². The van der Waals surface area contributed by atoms with Crippen molar-refractivity contribution in [3.8, 4) is 10.6 Å². The summed E-state index contributed by atoms with van der Waals surface area (Å²) in [7, 11) is 1.73. The van der Waals surface area contributed by atoms with Crippen molar-refractivity contribution in [1.29, 1.82) is 0 Å². The van der Waals surface area contributed by atoms with Gasteiger partial charge in [0.2, 0.25) is 0 Å². The Bertz CT molecular complexity index is 964. The summed E-state index contributed by atoms with van der Waals surface area (Å²) in [4.78, 5) is 7.13. The summed E-state index contributed by atoms with van der Waals surface area (Å²) in [6.07, 6.45) is 4.98. The quantitative estimate of drug-likeness (QED) is 0.337. The number of thiophene rings is 1. The summed E-state index contributed by atoms with van der Waals surface area (Å²) in [6.45, 7) is 2.75. The van der Waals surface area contributed by atoms with Crippen molar-refractivity contribution >= 4 is 34.3 Å². The Hall–Kier alpha value is -1.35. The van der Waals surface area contributed by atoms with Gasteiger partial charge in [-0.05, 0) is 24.6 Å². The zero-order valence-electron chi connectivity index (χ0n) is 18.3. The van der Waals surface area contributed by atoms with Crippen molar-refractivity contribution in [1.82, 2.24) is 9.88 Å². The van der Waals surface area contributed by atoms with Gasteiger partial charge in [0, 0.05) is 31.1 Å². The molecule has 0 spiro atoms. The third-order valence-corrected chi connectivity index (χ3v) is 7.93. The van der Waals surface area contributed by atoms with Gasteiger partial charge in [-0.15, -0.1) is 22.7 Å². The first-order chi connectivity index (χ1) is 15.1. The van der Waals surface area contributed by atoms with Crippen LogP contribution in [-0.4, -0.2) is 29.7 Å². The van der Waals surface area contributed by atoms with Crippen LogP contribution in [0, 0.1) is 0 Å².